The normalized spacial score (nSPS) is 11.6. The molecule has 0 radical (unpaired) electrons. The zero-order valence-electron chi connectivity index (χ0n) is 10.7. The van der Waals surface area contributed by atoms with Crippen molar-refractivity contribution in [2.45, 2.75) is 19.1 Å². The average Bonchev–Trinajstić information content (AvgIpc) is 2.85. The van der Waals surface area contributed by atoms with Crippen LogP contribution in [0, 0.1) is 6.92 Å². The van der Waals surface area contributed by atoms with Gasteiger partial charge in [-0.15, -0.1) is 11.3 Å². The van der Waals surface area contributed by atoms with Gasteiger partial charge in [-0.3, -0.25) is 0 Å². The molecule has 1 N–H and O–H groups in total. The summed E-state index contributed by atoms with van der Waals surface area (Å²) in [6.07, 6.45) is 2.35. The van der Waals surface area contributed by atoms with Gasteiger partial charge in [-0.25, -0.2) is 18.1 Å². The molecule has 4 nitrogen and oxygen atoms in total. The van der Waals surface area contributed by atoms with Crippen LogP contribution >= 0.6 is 11.3 Å². The minimum atomic E-state index is -3.28. The van der Waals surface area contributed by atoms with Gasteiger partial charge in [0.1, 0.15) is 0 Å². The minimum Gasteiger partial charge on any atom is -0.250 e. The van der Waals surface area contributed by atoms with Crippen molar-refractivity contribution in [2.24, 2.45) is 0 Å². The molecule has 0 saturated carbocycles. The van der Waals surface area contributed by atoms with Crippen molar-refractivity contribution in [3.05, 3.63) is 52.0 Å². The van der Waals surface area contributed by atoms with Crippen molar-refractivity contribution in [1.82, 2.24) is 9.71 Å². The summed E-state index contributed by atoms with van der Waals surface area (Å²) < 4.78 is 26.5. The lowest BCUT2D eigenvalue weighted by Gasteiger charge is -2.08. The Balaban J connectivity index is 1.90. The fraction of sp³-hybridized carbons (Fsp3) is 0.308. The quantitative estimate of drug-likeness (QED) is 0.888. The summed E-state index contributed by atoms with van der Waals surface area (Å²) in [5.41, 5.74) is 1.83. The Hall–Kier alpha value is -1.24. The summed E-state index contributed by atoms with van der Waals surface area (Å²) in [5.74, 6) is 0.0253. The van der Waals surface area contributed by atoms with Crippen LogP contribution in [0.5, 0.6) is 0 Å². The number of sulfonamides is 1. The molecule has 0 aliphatic heterocycles. The molecule has 2 aromatic rings. The van der Waals surface area contributed by atoms with E-state index in [1.54, 1.807) is 6.20 Å². The molecule has 0 spiro atoms. The van der Waals surface area contributed by atoms with Crippen LogP contribution in [0.4, 0.5) is 0 Å². The first-order chi connectivity index (χ1) is 9.07. The number of aryl methyl sites for hydroxylation is 1. The van der Waals surface area contributed by atoms with Crippen molar-refractivity contribution >= 4 is 21.4 Å². The Bertz CT molecular complexity index is 622. The molecule has 0 aliphatic rings. The van der Waals surface area contributed by atoms with Gasteiger partial charge in [0, 0.05) is 24.5 Å². The summed E-state index contributed by atoms with van der Waals surface area (Å²) in [4.78, 5) is 4.12. The molecule has 102 valence electrons. The number of thiazole rings is 1. The van der Waals surface area contributed by atoms with Crippen LogP contribution in [0.2, 0.25) is 0 Å². The Labute approximate surface area is 117 Å². The van der Waals surface area contributed by atoms with Crippen molar-refractivity contribution in [3.63, 3.8) is 0 Å². The lowest BCUT2D eigenvalue weighted by molar-refractivity contribution is 0.580. The smallest absolute Gasteiger partial charge is 0.215 e. The summed E-state index contributed by atoms with van der Waals surface area (Å²) in [6.45, 7) is 2.31. The maximum Gasteiger partial charge on any atom is 0.215 e. The molecule has 1 heterocycles. The predicted molar refractivity (Wildman–Crippen MR) is 77.6 cm³/mol. The fourth-order valence-electron chi connectivity index (χ4n) is 1.72. The highest BCUT2D eigenvalue weighted by atomic mass is 32.2. The summed E-state index contributed by atoms with van der Waals surface area (Å²) in [5, 5.41) is 2.83. The Kier molecular flexibility index (Phi) is 4.68. The Morgan fingerprint density at radius 1 is 1.32 bits per heavy atom. The number of hydrogen-bond acceptors (Lipinski definition) is 4. The standard InChI is InChI=1S/C13H16N2O2S2/c1-11-4-2-3-5-12(11)10-19(16,17)15-7-6-13-14-8-9-18-13/h2-5,8-9,15H,6-7,10H2,1H3. The average molecular weight is 296 g/mol. The lowest BCUT2D eigenvalue weighted by Crippen LogP contribution is -2.27. The Morgan fingerprint density at radius 3 is 2.79 bits per heavy atom. The number of rotatable bonds is 6. The summed E-state index contributed by atoms with van der Waals surface area (Å²) >= 11 is 1.53. The van der Waals surface area contributed by atoms with Crippen LogP contribution in [0.3, 0.4) is 0 Å². The van der Waals surface area contributed by atoms with E-state index in [1.807, 2.05) is 36.6 Å². The maximum atomic E-state index is 12.0. The van der Waals surface area contributed by atoms with E-state index in [0.717, 1.165) is 16.1 Å². The number of benzene rings is 1. The van der Waals surface area contributed by atoms with E-state index in [-0.39, 0.29) is 5.75 Å². The van der Waals surface area contributed by atoms with Crippen molar-refractivity contribution in [3.8, 4) is 0 Å². The highest BCUT2D eigenvalue weighted by Crippen LogP contribution is 2.10. The van der Waals surface area contributed by atoms with E-state index in [2.05, 4.69) is 9.71 Å². The fourth-order valence-corrected chi connectivity index (χ4v) is 3.59. The summed E-state index contributed by atoms with van der Waals surface area (Å²) in [6, 6.07) is 7.52. The van der Waals surface area contributed by atoms with E-state index in [0.29, 0.717) is 13.0 Å². The molecule has 1 aromatic carbocycles. The lowest BCUT2D eigenvalue weighted by atomic mass is 10.1. The molecule has 1 aromatic heterocycles. The van der Waals surface area contributed by atoms with Gasteiger partial charge in [0.2, 0.25) is 10.0 Å². The van der Waals surface area contributed by atoms with Gasteiger partial charge in [0.15, 0.2) is 0 Å². The van der Waals surface area contributed by atoms with Gasteiger partial charge in [0.05, 0.1) is 10.8 Å². The molecular formula is C13H16N2O2S2. The third-order valence-electron chi connectivity index (χ3n) is 2.75. The molecule has 0 amide bonds. The van der Waals surface area contributed by atoms with Gasteiger partial charge >= 0.3 is 0 Å². The van der Waals surface area contributed by atoms with E-state index >= 15 is 0 Å². The molecule has 0 unspecified atom stereocenters. The second-order valence-electron chi connectivity index (χ2n) is 4.26. The van der Waals surface area contributed by atoms with Crippen LogP contribution < -0.4 is 4.72 Å². The minimum absolute atomic E-state index is 0.0253. The molecule has 6 heteroatoms. The van der Waals surface area contributed by atoms with E-state index in [1.165, 1.54) is 11.3 Å². The van der Waals surface area contributed by atoms with Crippen molar-refractivity contribution in [2.75, 3.05) is 6.54 Å². The van der Waals surface area contributed by atoms with Crippen LogP contribution in [0.25, 0.3) is 0 Å². The zero-order chi connectivity index (χ0) is 13.7. The first kappa shape index (κ1) is 14.2. The van der Waals surface area contributed by atoms with E-state index in [9.17, 15) is 8.42 Å². The van der Waals surface area contributed by atoms with Crippen LogP contribution in [0.1, 0.15) is 16.1 Å². The number of nitrogens with one attached hydrogen (secondary N) is 1. The van der Waals surface area contributed by atoms with E-state index < -0.39 is 10.0 Å². The van der Waals surface area contributed by atoms with Gasteiger partial charge < -0.3 is 0 Å². The molecule has 0 aliphatic carbocycles. The van der Waals surface area contributed by atoms with Crippen LogP contribution in [-0.4, -0.2) is 19.9 Å². The second-order valence-corrected chi connectivity index (χ2v) is 7.04. The van der Waals surface area contributed by atoms with Crippen molar-refractivity contribution in [1.29, 1.82) is 0 Å². The third-order valence-corrected chi connectivity index (χ3v) is 4.93. The van der Waals surface area contributed by atoms with Crippen molar-refractivity contribution < 1.29 is 8.42 Å². The number of nitrogens with zero attached hydrogens (tertiary/aromatic N) is 1. The van der Waals surface area contributed by atoms with Gasteiger partial charge in [-0.1, -0.05) is 24.3 Å². The molecule has 19 heavy (non-hydrogen) atoms. The van der Waals surface area contributed by atoms with Gasteiger partial charge in [0.25, 0.3) is 0 Å². The SMILES string of the molecule is Cc1ccccc1CS(=O)(=O)NCCc1nccs1. The van der Waals surface area contributed by atoms with Crippen LogP contribution in [-0.2, 0) is 22.2 Å². The van der Waals surface area contributed by atoms with E-state index in [4.69, 9.17) is 0 Å². The van der Waals surface area contributed by atoms with Crippen LogP contribution in [0.15, 0.2) is 35.8 Å². The zero-order valence-corrected chi connectivity index (χ0v) is 12.3. The molecule has 0 bridgehead atoms. The molecule has 0 fully saturated rings. The predicted octanol–water partition coefficient (Wildman–Crippen LogP) is 2.11. The highest BCUT2D eigenvalue weighted by molar-refractivity contribution is 7.88. The highest BCUT2D eigenvalue weighted by Gasteiger charge is 2.12. The molecule has 2 rings (SSSR count). The molecule has 0 atom stereocenters. The summed E-state index contributed by atoms with van der Waals surface area (Å²) in [7, 11) is -3.28. The second kappa shape index (κ2) is 6.27. The largest absolute Gasteiger partial charge is 0.250 e. The number of aromatic nitrogens is 1. The third kappa shape index (κ3) is 4.41. The maximum absolute atomic E-state index is 12.0. The Morgan fingerprint density at radius 2 is 2.11 bits per heavy atom. The van der Waals surface area contributed by atoms with Gasteiger partial charge in [-0.05, 0) is 18.1 Å². The number of hydrogen-bond donors (Lipinski definition) is 1. The topological polar surface area (TPSA) is 59.1 Å². The monoisotopic (exact) mass is 296 g/mol. The van der Waals surface area contributed by atoms with Gasteiger partial charge in [-0.2, -0.15) is 0 Å². The first-order valence-electron chi connectivity index (χ1n) is 5.97. The molecule has 0 saturated heterocycles. The molecular weight excluding hydrogens is 280 g/mol. The first-order valence-corrected chi connectivity index (χ1v) is 8.50.